The summed E-state index contributed by atoms with van der Waals surface area (Å²) in [7, 11) is 0. The van der Waals surface area contributed by atoms with Crippen molar-refractivity contribution >= 4 is 17.7 Å². The van der Waals surface area contributed by atoms with Crippen LogP contribution in [0.25, 0.3) is 0 Å². The Hall–Kier alpha value is -1.88. The van der Waals surface area contributed by atoms with Crippen LogP contribution in [0.2, 0.25) is 0 Å². The summed E-state index contributed by atoms with van der Waals surface area (Å²) in [6.45, 7) is 0. The number of halogens is 1. The molecule has 0 spiro atoms. The van der Waals surface area contributed by atoms with E-state index in [2.05, 4.69) is 4.98 Å². The van der Waals surface area contributed by atoms with Gasteiger partial charge >= 0.3 is 5.97 Å². The first-order valence-electron chi connectivity index (χ1n) is 4.79. The number of benzene rings is 1. The summed E-state index contributed by atoms with van der Waals surface area (Å²) in [5.74, 6) is -1.50. The Labute approximate surface area is 101 Å². The van der Waals surface area contributed by atoms with Crippen molar-refractivity contribution < 1.29 is 14.3 Å². The van der Waals surface area contributed by atoms with E-state index < -0.39 is 5.97 Å². The first-order valence-corrected chi connectivity index (χ1v) is 5.61. The minimum Gasteiger partial charge on any atom is -0.476 e. The van der Waals surface area contributed by atoms with Crippen LogP contribution in [0.4, 0.5) is 4.39 Å². The molecule has 0 saturated heterocycles. The second-order valence-electron chi connectivity index (χ2n) is 3.19. The van der Waals surface area contributed by atoms with Crippen LogP contribution in [0.1, 0.15) is 10.5 Å². The molecule has 0 aliphatic heterocycles. The summed E-state index contributed by atoms with van der Waals surface area (Å²) >= 11 is 1.05. The van der Waals surface area contributed by atoms with Gasteiger partial charge in [0, 0.05) is 16.0 Å². The lowest BCUT2D eigenvalue weighted by molar-refractivity contribution is 0.0686. The molecule has 0 unspecified atom stereocenters. The van der Waals surface area contributed by atoms with Crippen LogP contribution in [0.3, 0.4) is 0 Å². The highest BCUT2D eigenvalue weighted by Crippen LogP contribution is 2.31. The Morgan fingerprint density at radius 3 is 2.59 bits per heavy atom. The molecule has 17 heavy (non-hydrogen) atoms. The number of rotatable bonds is 3. The molecule has 0 aliphatic carbocycles. The van der Waals surface area contributed by atoms with Crippen LogP contribution in [0.15, 0.2) is 52.4 Å². The van der Waals surface area contributed by atoms with Crippen molar-refractivity contribution in [1.82, 2.24) is 4.98 Å². The lowest BCUT2D eigenvalue weighted by atomic mass is 10.3. The Morgan fingerprint density at radius 2 is 1.88 bits per heavy atom. The van der Waals surface area contributed by atoms with Crippen LogP contribution in [-0.4, -0.2) is 16.1 Å². The number of carbonyl (C=O) groups is 1. The molecule has 1 N–H and O–H groups in total. The molecule has 0 fully saturated rings. The standard InChI is InChI=1S/C12H8FNO2S/c13-8-4-1-2-5-9(8)17-10-6-3-7-14-11(10)12(15)16/h1-7H,(H,15,16). The van der Waals surface area contributed by atoms with Crippen LogP contribution in [0.5, 0.6) is 0 Å². The fourth-order valence-corrected chi connectivity index (χ4v) is 2.21. The maximum absolute atomic E-state index is 13.4. The van der Waals surface area contributed by atoms with Gasteiger partial charge in [-0.3, -0.25) is 0 Å². The Bertz CT molecular complexity index is 560. The number of hydrogen-bond acceptors (Lipinski definition) is 3. The number of pyridine rings is 1. The Morgan fingerprint density at radius 1 is 1.18 bits per heavy atom. The summed E-state index contributed by atoms with van der Waals surface area (Å²) in [5.41, 5.74) is -0.0687. The maximum Gasteiger partial charge on any atom is 0.355 e. The second-order valence-corrected chi connectivity index (χ2v) is 4.27. The van der Waals surface area contributed by atoms with E-state index in [1.165, 1.54) is 12.3 Å². The van der Waals surface area contributed by atoms with Crippen molar-refractivity contribution in [3.05, 3.63) is 54.1 Å². The predicted octanol–water partition coefficient (Wildman–Crippen LogP) is 3.07. The molecule has 86 valence electrons. The first kappa shape index (κ1) is 11.6. The average Bonchev–Trinajstić information content (AvgIpc) is 2.32. The third kappa shape index (κ3) is 2.62. The van der Waals surface area contributed by atoms with Crippen molar-refractivity contribution in [2.75, 3.05) is 0 Å². The zero-order valence-electron chi connectivity index (χ0n) is 8.63. The SMILES string of the molecule is O=C(O)c1ncccc1Sc1ccccc1F. The summed E-state index contributed by atoms with van der Waals surface area (Å²) in [4.78, 5) is 15.5. The molecule has 1 aromatic heterocycles. The largest absolute Gasteiger partial charge is 0.476 e. The van der Waals surface area contributed by atoms with Gasteiger partial charge in [-0.15, -0.1) is 0 Å². The molecule has 3 nitrogen and oxygen atoms in total. The van der Waals surface area contributed by atoms with Crippen molar-refractivity contribution in [3.63, 3.8) is 0 Å². The molecule has 2 rings (SSSR count). The number of nitrogens with zero attached hydrogens (tertiary/aromatic N) is 1. The normalized spacial score (nSPS) is 10.2. The van der Waals surface area contributed by atoms with Crippen molar-refractivity contribution in [2.24, 2.45) is 0 Å². The zero-order chi connectivity index (χ0) is 12.3. The monoisotopic (exact) mass is 249 g/mol. The Balaban J connectivity index is 2.37. The van der Waals surface area contributed by atoms with E-state index in [1.54, 1.807) is 30.3 Å². The molecular weight excluding hydrogens is 241 g/mol. The second kappa shape index (κ2) is 4.97. The molecule has 5 heteroatoms. The molecule has 1 heterocycles. The highest BCUT2D eigenvalue weighted by molar-refractivity contribution is 7.99. The third-order valence-corrected chi connectivity index (χ3v) is 3.13. The topological polar surface area (TPSA) is 50.2 Å². The molecule has 0 radical (unpaired) electrons. The minimum atomic E-state index is -1.12. The van der Waals surface area contributed by atoms with Gasteiger partial charge in [0.05, 0.1) is 0 Å². The molecule has 0 bridgehead atoms. The number of carboxylic acids is 1. The van der Waals surface area contributed by atoms with Gasteiger partial charge in [0.1, 0.15) is 5.82 Å². The number of carboxylic acid groups (broad SMARTS) is 1. The maximum atomic E-state index is 13.4. The van der Waals surface area contributed by atoms with Gasteiger partial charge in [-0.05, 0) is 24.3 Å². The van der Waals surface area contributed by atoms with E-state index in [0.717, 1.165) is 11.8 Å². The summed E-state index contributed by atoms with van der Waals surface area (Å²) in [5, 5.41) is 8.94. The fourth-order valence-electron chi connectivity index (χ4n) is 1.28. The van der Waals surface area contributed by atoms with Crippen molar-refractivity contribution in [2.45, 2.75) is 9.79 Å². The first-order chi connectivity index (χ1) is 8.18. The lowest BCUT2D eigenvalue weighted by Crippen LogP contribution is -2.01. The van der Waals surface area contributed by atoms with Gasteiger partial charge in [-0.1, -0.05) is 23.9 Å². The molecule has 2 aromatic rings. The molecule has 0 atom stereocenters. The molecule has 0 saturated carbocycles. The van der Waals surface area contributed by atoms with E-state index >= 15 is 0 Å². The molecule has 1 aromatic carbocycles. The highest BCUT2D eigenvalue weighted by atomic mass is 32.2. The van der Waals surface area contributed by atoms with E-state index in [-0.39, 0.29) is 11.5 Å². The number of aromatic nitrogens is 1. The van der Waals surface area contributed by atoms with Gasteiger partial charge in [0.25, 0.3) is 0 Å². The number of aromatic carboxylic acids is 1. The molecule has 0 amide bonds. The quantitative estimate of drug-likeness (QED) is 0.908. The van der Waals surface area contributed by atoms with E-state index in [1.807, 2.05) is 0 Å². The summed E-state index contributed by atoms with van der Waals surface area (Å²) in [6, 6.07) is 9.43. The van der Waals surface area contributed by atoms with Crippen LogP contribution in [0, 0.1) is 5.82 Å². The average molecular weight is 249 g/mol. The van der Waals surface area contributed by atoms with Gasteiger partial charge < -0.3 is 5.11 Å². The highest BCUT2D eigenvalue weighted by Gasteiger charge is 2.13. The fraction of sp³-hybridized carbons (Fsp3) is 0. The summed E-state index contributed by atoms with van der Waals surface area (Å²) in [6.07, 6.45) is 1.40. The van der Waals surface area contributed by atoms with Crippen LogP contribution >= 0.6 is 11.8 Å². The Kier molecular flexibility index (Phi) is 3.39. The summed E-state index contributed by atoms with van der Waals surface area (Å²) < 4.78 is 13.4. The molecule has 0 aliphatic rings. The third-order valence-electron chi connectivity index (χ3n) is 2.03. The lowest BCUT2D eigenvalue weighted by Gasteiger charge is -2.05. The van der Waals surface area contributed by atoms with Crippen LogP contribution < -0.4 is 0 Å². The molecular formula is C12H8FNO2S. The van der Waals surface area contributed by atoms with Crippen molar-refractivity contribution in [3.8, 4) is 0 Å². The van der Waals surface area contributed by atoms with E-state index in [9.17, 15) is 9.18 Å². The van der Waals surface area contributed by atoms with Gasteiger partial charge in [-0.2, -0.15) is 0 Å². The van der Waals surface area contributed by atoms with Crippen molar-refractivity contribution in [1.29, 1.82) is 0 Å². The smallest absolute Gasteiger partial charge is 0.355 e. The predicted molar refractivity (Wildman–Crippen MR) is 61.7 cm³/mol. The number of hydrogen-bond donors (Lipinski definition) is 1. The van der Waals surface area contributed by atoms with E-state index in [0.29, 0.717) is 9.79 Å². The van der Waals surface area contributed by atoms with Gasteiger partial charge in [-0.25, -0.2) is 14.2 Å². The van der Waals surface area contributed by atoms with Crippen LogP contribution in [-0.2, 0) is 0 Å². The van der Waals surface area contributed by atoms with Gasteiger partial charge in [0.15, 0.2) is 5.69 Å². The van der Waals surface area contributed by atoms with E-state index in [4.69, 9.17) is 5.11 Å². The minimum absolute atomic E-state index is 0.0687. The van der Waals surface area contributed by atoms with Gasteiger partial charge in [0.2, 0.25) is 0 Å². The zero-order valence-corrected chi connectivity index (χ0v) is 9.45.